The SMILES string of the molecule is O=C(CSc1nnc(N2CCCCC2)n1Cc1ccco1)N(Cc1ccsc1)C1CC1. The number of rotatable bonds is 9. The van der Waals surface area contributed by atoms with Gasteiger partial charge in [0.15, 0.2) is 5.16 Å². The van der Waals surface area contributed by atoms with Gasteiger partial charge in [-0.3, -0.25) is 9.36 Å². The maximum Gasteiger partial charge on any atom is 0.233 e. The molecular weight excluding hydrogens is 430 g/mol. The number of furan rings is 1. The first-order valence-corrected chi connectivity index (χ1v) is 12.8. The fourth-order valence-corrected chi connectivity index (χ4v) is 5.49. The zero-order chi connectivity index (χ0) is 21.0. The molecule has 0 unspecified atom stereocenters. The third kappa shape index (κ3) is 4.98. The molecule has 9 heteroatoms. The Morgan fingerprint density at radius 3 is 2.81 bits per heavy atom. The molecule has 0 radical (unpaired) electrons. The molecule has 0 atom stereocenters. The van der Waals surface area contributed by atoms with Crippen LogP contribution in [0.4, 0.5) is 5.95 Å². The van der Waals surface area contributed by atoms with Crippen molar-refractivity contribution in [1.82, 2.24) is 19.7 Å². The largest absolute Gasteiger partial charge is 0.467 e. The van der Waals surface area contributed by atoms with E-state index in [1.807, 2.05) is 17.0 Å². The molecule has 2 fully saturated rings. The smallest absolute Gasteiger partial charge is 0.233 e. The standard InChI is InChI=1S/C22H27N5O2S2/c28-20(26(18-6-7-18)13-17-8-12-30-15-17)16-31-22-24-23-21(25-9-2-1-3-10-25)27(22)14-19-5-4-11-29-19/h4-5,8,11-12,15,18H,1-3,6-7,9-10,13-14,16H2. The Morgan fingerprint density at radius 2 is 2.10 bits per heavy atom. The minimum Gasteiger partial charge on any atom is -0.467 e. The van der Waals surface area contributed by atoms with Gasteiger partial charge >= 0.3 is 0 Å². The van der Waals surface area contributed by atoms with Gasteiger partial charge in [0, 0.05) is 25.7 Å². The molecule has 1 aliphatic carbocycles. The highest BCUT2D eigenvalue weighted by Gasteiger charge is 2.33. The lowest BCUT2D eigenvalue weighted by molar-refractivity contribution is -0.129. The Hall–Kier alpha value is -2.26. The topological polar surface area (TPSA) is 67.4 Å². The van der Waals surface area contributed by atoms with Gasteiger partial charge in [-0.05, 0) is 66.6 Å². The molecule has 1 saturated heterocycles. The first-order chi connectivity index (χ1) is 15.3. The van der Waals surface area contributed by atoms with Gasteiger partial charge in [-0.15, -0.1) is 10.2 Å². The van der Waals surface area contributed by atoms with Gasteiger partial charge < -0.3 is 14.2 Å². The molecule has 164 valence electrons. The van der Waals surface area contributed by atoms with Crippen molar-refractivity contribution in [1.29, 1.82) is 0 Å². The van der Waals surface area contributed by atoms with Crippen LogP contribution in [-0.4, -0.2) is 50.5 Å². The molecule has 3 aromatic rings. The Labute approximate surface area is 190 Å². The first kappa shape index (κ1) is 20.6. The molecule has 4 heterocycles. The number of anilines is 1. The van der Waals surface area contributed by atoms with E-state index in [1.165, 1.54) is 36.6 Å². The number of thioether (sulfide) groups is 1. The van der Waals surface area contributed by atoms with Crippen LogP contribution in [0.2, 0.25) is 0 Å². The van der Waals surface area contributed by atoms with Crippen LogP contribution in [0, 0.1) is 0 Å². The van der Waals surface area contributed by atoms with E-state index >= 15 is 0 Å². The van der Waals surface area contributed by atoms with Crippen molar-refractivity contribution in [3.8, 4) is 0 Å². The summed E-state index contributed by atoms with van der Waals surface area (Å²) < 4.78 is 7.69. The van der Waals surface area contributed by atoms with E-state index in [-0.39, 0.29) is 5.91 Å². The Morgan fingerprint density at radius 1 is 1.23 bits per heavy atom. The highest BCUT2D eigenvalue weighted by Crippen LogP contribution is 2.31. The molecule has 0 N–H and O–H groups in total. The summed E-state index contributed by atoms with van der Waals surface area (Å²) in [6.45, 7) is 3.27. The number of aromatic nitrogens is 3. The lowest BCUT2D eigenvalue weighted by Gasteiger charge is -2.27. The van der Waals surface area contributed by atoms with E-state index in [9.17, 15) is 4.79 Å². The second-order valence-electron chi connectivity index (χ2n) is 8.17. The van der Waals surface area contributed by atoms with Gasteiger partial charge in [-0.1, -0.05) is 11.8 Å². The second kappa shape index (κ2) is 9.48. The average Bonchev–Trinajstić information content (AvgIpc) is 3.18. The first-order valence-electron chi connectivity index (χ1n) is 10.9. The van der Waals surface area contributed by atoms with Crippen LogP contribution in [0.5, 0.6) is 0 Å². The van der Waals surface area contributed by atoms with Crippen LogP contribution >= 0.6 is 23.1 Å². The van der Waals surface area contributed by atoms with Gasteiger partial charge in [0.25, 0.3) is 0 Å². The van der Waals surface area contributed by atoms with E-state index in [4.69, 9.17) is 4.42 Å². The fraction of sp³-hybridized carbons (Fsp3) is 0.500. The minimum atomic E-state index is 0.172. The van der Waals surface area contributed by atoms with Gasteiger partial charge in [0.05, 0.1) is 18.6 Å². The number of carbonyl (C=O) groups excluding carboxylic acids is 1. The molecule has 1 saturated carbocycles. The summed E-state index contributed by atoms with van der Waals surface area (Å²) in [5.74, 6) is 2.29. The van der Waals surface area contributed by atoms with Crippen LogP contribution in [0.1, 0.15) is 43.4 Å². The van der Waals surface area contributed by atoms with Crippen molar-refractivity contribution in [2.45, 2.75) is 56.4 Å². The van der Waals surface area contributed by atoms with Gasteiger partial charge in [0.2, 0.25) is 11.9 Å². The Kier molecular flexibility index (Phi) is 6.31. The molecule has 5 rings (SSSR count). The van der Waals surface area contributed by atoms with Crippen molar-refractivity contribution in [2.75, 3.05) is 23.7 Å². The average molecular weight is 458 g/mol. The molecule has 0 spiro atoms. The molecule has 7 nitrogen and oxygen atoms in total. The molecule has 1 aliphatic heterocycles. The zero-order valence-corrected chi connectivity index (χ0v) is 19.1. The fourth-order valence-electron chi connectivity index (χ4n) is 4.01. The lowest BCUT2D eigenvalue weighted by atomic mass is 10.1. The quantitative estimate of drug-likeness (QED) is 0.448. The summed E-state index contributed by atoms with van der Waals surface area (Å²) in [7, 11) is 0. The van der Waals surface area contributed by atoms with Crippen molar-refractivity contribution >= 4 is 35.0 Å². The molecule has 0 aromatic carbocycles. The highest BCUT2D eigenvalue weighted by molar-refractivity contribution is 7.99. The van der Waals surface area contributed by atoms with Crippen LogP contribution in [-0.2, 0) is 17.9 Å². The summed E-state index contributed by atoms with van der Waals surface area (Å²) in [4.78, 5) is 17.4. The predicted octanol–water partition coefficient (Wildman–Crippen LogP) is 4.25. The third-order valence-corrected chi connectivity index (χ3v) is 7.48. The van der Waals surface area contributed by atoms with E-state index in [1.54, 1.807) is 17.6 Å². The molecule has 1 amide bonds. The summed E-state index contributed by atoms with van der Waals surface area (Å²) in [5.41, 5.74) is 1.21. The number of hydrogen-bond donors (Lipinski definition) is 0. The van der Waals surface area contributed by atoms with Gasteiger partial charge in [-0.2, -0.15) is 11.3 Å². The molecule has 0 bridgehead atoms. The van der Waals surface area contributed by atoms with Crippen LogP contribution in [0.15, 0.2) is 44.8 Å². The summed E-state index contributed by atoms with van der Waals surface area (Å²) in [6, 6.07) is 6.35. The van der Waals surface area contributed by atoms with Crippen LogP contribution < -0.4 is 4.90 Å². The van der Waals surface area contributed by atoms with E-state index in [2.05, 4.69) is 36.5 Å². The second-order valence-corrected chi connectivity index (χ2v) is 9.89. The maximum atomic E-state index is 13.1. The van der Waals surface area contributed by atoms with E-state index in [0.29, 0.717) is 24.9 Å². The molecule has 31 heavy (non-hydrogen) atoms. The van der Waals surface area contributed by atoms with Gasteiger partial charge in [-0.25, -0.2) is 0 Å². The normalized spacial score (nSPS) is 16.6. The monoisotopic (exact) mass is 457 g/mol. The number of carbonyl (C=O) groups is 1. The van der Waals surface area contributed by atoms with E-state index < -0.39 is 0 Å². The minimum absolute atomic E-state index is 0.172. The van der Waals surface area contributed by atoms with Gasteiger partial charge in [0.1, 0.15) is 5.76 Å². The van der Waals surface area contributed by atoms with Crippen LogP contribution in [0.3, 0.4) is 0 Å². The molecular formula is C22H27N5O2S2. The number of nitrogens with zero attached hydrogens (tertiary/aromatic N) is 5. The Bertz CT molecular complexity index is 976. The third-order valence-electron chi connectivity index (χ3n) is 5.80. The van der Waals surface area contributed by atoms with Crippen molar-refractivity contribution in [3.05, 3.63) is 46.5 Å². The number of piperidine rings is 1. The molecule has 3 aromatic heterocycles. The van der Waals surface area contributed by atoms with Crippen molar-refractivity contribution in [3.63, 3.8) is 0 Å². The molecule has 2 aliphatic rings. The maximum absolute atomic E-state index is 13.1. The predicted molar refractivity (Wildman–Crippen MR) is 123 cm³/mol. The number of amides is 1. The summed E-state index contributed by atoms with van der Waals surface area (Å²) >= 11 is 3.16. The lowest BCUT2D eigenvalue weighted by Crippen LogP contribution is -2.34. The van der Waals surface area contributed by atoms with Crippen molar-refractivity contribution in [2.24, 2.45) is 0 Å². The van der Waals surface area contributed by atoms with E-state index in [0.717, 1.165) is 42.8 Å². The summed E-state index contributed by atoms with van der Waals surface area (Å²) in [6.07, 6.45) is 7.51. The summed E-state index contributed by atoms with van der Waals surface area (Å²) in [5, 5.41) is 13.9. The number of thiophene rings is 1. The Balaban J connectivity index is 1.30. The number of hydrogen-bond acceptors (Lipinski definition) is 7. The zero-order valence-electron chi connectivity index (χ0n) is 17.5. The van der Waals surface area contributed by atoms with Crippen LogP contribution in [0.25, 0.3) is 0 Å². The van der Waals surface area contributed by atoms with Crippen molar-refractivity contribution < 1.29 is 9.21 Å². The highest BCUT2D eigenvalue weighted by atomic mass is 32.2.